The van der Waals surface area contributed by atoms with Crippen molar-refractivity contribution < 1.29 is 4.52 Å². The van der Waals surface area contributed by atoms with Crippen molar-refractivity contribution in [2.75, 3.05) is 5.73 Å². The van der Waals surface area contributed by atoms with E-state index in [1.54, 1.807) is 0 Å². The third-order valence-electron chi connectivity index (χ3n) is 3.90. The van der Waals surface area contributed by atoms with E-state index in [2.05, 4.69) is 26.1 Å². The van der Waals surface area contributed by atoms with Gasteiger partial charge in [0.15, 0.2) is 5.82 Å². The van der Waals surface area contributed by atoms with Gasteiger partial charge in [-0.05, 0) is 42.6 Å². The lowest BCUT2D eigenvalue weighted by Gasteiger charge is -2.13. The monoisotopic (exact) mass is 336 g/mol. The SMILES string of the molecule is Cc1noc(C)c1-c1nc(N)c(Br)c(C2CCCC2)n1. The summed E-state index contributed by atoms with van der Waals surface area (Å²) in [5.74, 6) is 2.29. The van der Waals surface area contributed by atoms with Crippen LogP contribution in [0.5, 0.6) is 0 Å². The summed E-state index contributed by atoms with van der Waals surface area (Å²) in [6, 6.07) is 0. The topological polar surface area (TPSA) is 77.8 Å². The van der Waals surface area contributed by atoms with Crippen LogP contribution < -0.4 is 5.73 Å². The van der Waals surface area contributed by atoms with Crippen molar-refractivity contribution in [1.29, 1.82) is 0 Å². The predicted molar refractivity (Wildman–Crippen MR) is 80.3 cm³/mol. The van der Waals surface area contributed by atoms with Crippen molar-refractivity contribution in [2.24, 2.45) is 0 Å². The van der Waals surface area contributed by atoms with Gasteiger partial charge < -0.3 is 10.3 Å². The molecule has 0 saturated heterocycles. The van der Waals surface area contributed by atoms with Gasteiger partial charge in [0.2, 0.25) is 0 Å². The van der Waals surface area contributed by atoms with Gasteiger partial charge in [-0.15, -0.1) is 0 Å². The highest BCUT2D eigenvalue weighted by Gasteiger charge is 2.25. The molecule has 1 aliphatic carbocycles. The largest absolute Gasteiger partial charge is 0.383 e. The second kappa shape index (κ2) is 5.16. The third kappa shape index (κ3) is 2.22. The minimum absolute atomic E-state index is 0.467. The van der Waals surface area contributed by atoms with Gasteiger partial charge >= 0.3 is 0 Å². The minimum atomic E-state index is 0.467. The molecule has 5 nitrogen and oxygen atoms in total. The van der Waals surface area contributed by atoms with Gasteiger partial charge in [-0.1, -0.05) is 18.0 Å². The lowest BCUT2D eigenvalue weighted by molar-refractivity contribution is 0.393. The van der Waals surface area contributed by atoms with Crippen LogP contribution in [0.25, 0.3) is 11.4 Å². The summed E-state index contributed by atoms with van der Waals surface area (Å²) in [4.78, 5) is 9.13. The number of hydrogen-bond acceptors (Lipinski definition) is 5. The lowest BCUT2D eigenvalue weighted by Crippen LogP contribution is -2.06. The van der Waals surface area contributed by atoms with Crippen LogP contribution in [0.15, 0.2) is 9.00 Å². The van der Waals surface area contributed by atoms with E-state index in [0.29, 0.717) is 17.6 Å². The lowest BCUT2D eigenvalue weighted by atomic mass is 10.0. The molecular formula is C14H17BrN4O. The molecule has 2 aromatic rings. The molecule has 1 saturated carbocycles. The Balaban J connectivity index is 2.13. The van der Waals surface area contributed by atoms with E-state index in [-0.39, 0.29) is 0 Å². The summed E-state index contributed by atoms with van der Waals surface area (Å²) in [7, 11) is 0. The number of aromatic nitrogens is 3. The third-order valence-corrected chi connectivity index (χ3v) is 4.71. The Kier molecular flexibility index (Phi) is 3.50. The normalized spacial score (nSPS) is 15.9. The number of halogens is 1. The quantitative estimate of drug-likeness (QED) is 0.903. The van der Waals surface area contributed by atoms with Gasteiger partial charge in [-0.25, -0.2) is 9.97 Å². The van der Waals surface area contributed by atoms with E-state index in [1.807, 2.05) is 13.8 Å². The van der Waals surface area contributed by atoms with Crippen LogP contribution in [0, 0.1) is 13.8 Å². The second-order valence-corrected chi connectivity index (χ2v) is 6.11. The number of nitrogen functional groups attached to an aromatic ring is 1. The van der Waals surface area contributed by atoms with Gasteiger partial charge in [0, 0.05) is 5.92 Å². The van der Waals surface area contributed by atoms with Crippen LogP contribution in [0.1, 0.15) is 48.7 Å². The standard InChI is InChI=1S/C14H17BrN4O/c1-7-10(8(2)20-19-7)14-17-12(9-5-3-4-6-9)11(15)13(16)18-14/h9H,3-6H2,1-2H3,(H2,16,17,18). The van der Waals surface area contributed by atoms with Gasteiger partial charge in [0.25, 0.3) is 0 Å². The van der Waals surface area contributed by atoms with Crippen molar-refractivity contribution in [3.8, 4) is 11.4 Å². The number of anilines is 1. The van der Waals surface area contributed by atoms with Gasteiger partial charge in [0.05, 0.1) is 21.4 Å². The van der Waals surface area contributed by atoms with E-state index < -0.39 is 0 Å². The number of nitrogens with two attached hydrogens (primary N) is 1. The molecule has 20 heavy (non-hydrogen) atoms. The Hall–Kier alpha value is -1.43. The maximum absolute atomic E-state index is 6.05. The molecule has 2 N–H and O–H groups in total. The molecule has 6 heteroatoms. The predicted octanol–water partition coefficient (Wildman–Crippen LogP) is 3.75. The molecule has 0 bridgehead atoms. The first kappa shape index (κ1) is 13.5. The minimum Gasteiger partial charge on any atom is -0.383 e. The molecule has 0 unspecified atom stereocenters. The molecule has 1 fully saturated rings. The van der Waals surface area contributed by atoms with Crippen molar-refractivity contribution >= 4 is 21.7 Å². The fourth-order valence-electron chi connectivity index (χ4n) is 2.87. The summed E-state index contributed by atoms with van der Waals surface area (Å²) >= 11 is 3.54. The Morgan fingerprint density at radius 1 is 1.20 bits per heavy atom. The molecule has 0 spiro atoms. The first-order valence-electron chi connectivity index (χ1n) is 6.84. The van der Waals surface area contributed by atoms with E-state index in [9.17, 15) is 0 Å². The highest BCUT2D eigenvalue weighted by Crippen LogP contribution is 2.39. The average Bonchev–Trinajstić information content (AvgIpc) is 3.04. The van der Waals surface area contributed by atoms with Crippen molar-refractivity contribution in [3.05, 3.63) is 21.6 Å². The first-order valence-corrected chi connectivity index (χ1v) is 7.63. The summed E-state index contributed by atoms with van der Waals surface area (Å²) in [5.41, 5.74) is 8.71. The van der Waals surface area contributed by atoms with Crippen LogP contribution >= 0.6 is 15.9 Å². The molecule has 0 radical (unpaired) electrons. The molecule has 3 rings (SSSR count). The summed E-state index contributed by atoms with van der Waals surface area (Å²) < 4.78 is 6.04. The van der Waals surface area contributed by atoms with E-state index >= 15 is 0 Å². The number of hydrogen-bond donors (Lipinski definition) is 1. The van der Waals surface area contributed by atoms with Crippen LogP contribution in [-0.4, -0.2) is 15.1 Å². The molecule has 2 heterocycles. The smallest absolute Gasteiger partial charge is 0.167 e. The van der Waals surface area contributed by atoms with E-state index in [4.69, 9.17) is 15.2 Å². The van der Waals surface area contributed by atoms with Gasteiger partial charge in [0.1, 0.15) is 11.6 Å². The maximum Gasteiger partial charge on any atom is 0.167 e. The van der Waals surface area contributed by atoms with Crippen LogP contribution in [0.2, 0.25) is 0 Å². The summed E-state index contributed by atoms with van der Waals surface area (Å²) in [6.07, 6.45) is 4.83. The van der Waals surface area contributed by atoms with Crippen molar-refractivity contribution in [1.82, 2.24) is 15.1 Å². The molecule has 0 aliphatic heterocycles. The Labute approximate surface area is 126 Å². The molecule has 0 aromatic carbocycles. The Morgan fingerprint density at radius 3 is 2.50 bits per heavy atom. The maximum atomic E-state index is 6.05. The molecule has 2 aromatic heterocycles. The zero-order valence-corrected chi connectivity index (χ0v) is 13.2. The zero-order valence-electron chi connectivity index (χ0n) is 11.6. The molecular weight excluding hydrogens is 320 g/mol. The molecule has 0 atom stereocenters. The number of aryl methyl sites for hydroxylation is 2. The van der Waals surface area contributed by atoms with E-state index in [1.165, 1.54) is 12.8 Å². The van der Waals surface area contributed by atoms with Gasteiger partial charge in [-0.3, -0.25) is 0 Å². The highest BCUT2D eigenvalue weighted by molar-refractivity contribution is 9.10. The average molecular weight is 337 g/mol. The van der Waals surface area contributed by atoms with Crippen molar-refractivity contribution in [2.45, 2.75) is 45.4 Å². The fraction of sp³-hybridized carbons (Fsp3) is 0.500. The Bertz CT molecular complexity index is 627. The van der Waals surface area contributed by atoms with Crippen LogP contribution in [-0.2, 0) is 0 Å². The van der Waals surface area contributed by atoms with Gasteiger partial charge in [-0.2, -0.15) is 0 Å². The molecule has 1 aliphatic rings. The highest BCUT2D eigenvalue weighted by atomic mass is 79.9. The Morgan fingerprint density at radius 2 is 1.90 bits per heavy atom. The number of nitrogens with zero attached hydrogens (tertiary/aromatic N) is 3. The summed E-state index contributed by atoms with van der Waals surface area (Å²) in [5, 5.41) is 3.96. The van der Waals surface area contributed by atoms with Crippen molar-refractivity contribution in [3.63, 3.8) is 0 Å². The number of rotatable bonds is 2. The van der Waals surface area contributed by atoms with E-state index in [0.717, 1.165) is 40.0 Å². The molecule has 106 valence electrons. The van der Waals surface area contributed by atoms with Crippen LogP contribution in [0.3, 0.4) is 0 Å². The summed E-state index contributed by atoms with van der Waals surface area (Å²) in [6.45, 7) is 3.76. The second-order valence-electron chi connectivity index (χ2n) is 5.31. The first-order chi connectivity index (χ1) is 9.58. The fourth-order valence-corrected chi connectivity index (χ4v) is 3.37. The molecule has 0 amide bonds. The zero-order chi connectivity index (χ0) is 14.3. The van der Waals surface area contributed by atoms with Crippen LogP contribution in [0.4, 0.5) is 5.82 Å².